The molecular weight excluding hydrogens is 316 g/mol. The predicted octanol–water partition coefficient (Wildman–Crippen LogP) is 2.84. The molecule has 25 heavy (non-hydrogen) atoms. The fourth-order valence-corrected chi connectivity index (χ4v) is 2.65. The Labute approximate surface area is 145 Å². The number of fused-ring (bicyclic) bond motifs is 1. The Bertz CT molecular complexity index is 916. The van der Waals surface area contributed by atoms with Gasteiger partial charge in [-0.25, -0.2) is 0 Å². The lowest BCUT2D eigenvalue weighted by molar-refractivity contribution is -0.123. The van der Waals surface area contributed by atoms with Gasteiger partial charge in [-0.3, -0.25) is 9.59 Å². The quantitative estimate of drug-likeness (QED) is 0.671. The van der Waals surface area contributed by atoms with Crippen LogP contribution in [0.4, 0.5) is 5.69 Å². The lowest BCUT2D eigenvalue weighted by atomic mass is 10.0. The molecule has 3 aromatic rings. The predicted molar refractivity (Wildman–Crippen MR) is 97.4 cm³/mol. The van der Waals surface area contributed by atoms with E-state index in [4.69, 9.17) is 0 Å². The number of anilines is 1. The Morgan fingerprint density at radius 1 is 0.880 bits per heavy atom. The summed E-state index contributed by atoms with van der Waals surface area (Å²) in [5.74, 6) is -0.503. The van der Waals surface area contributed by atoms with Gasteiger partial charge in [-0.05, 0) is 28.5 Å². The SMILES string of the molecule is O=C(Cc1cccc2ccccc12)NCC(=O)Nc1cccc(O)c1. The van der Waals surface area contributed by atoms with Crippen molar-refractivity contribution in [2.24, 2.45) is 0 Å². The van der Waals surface area contributed by atoms with E-state index in [1.165, 1.54) is 12.1 Å². The van der Waals surface area contributed by atoms with E-state index in [0.29, 0.717) is 5.69 Å². The number of aromatic hydroxyl groups is 1. The van der Waals surface area contributed by atoms with Gasteiger partial charge in [-0.2, -0.15) is 0 Å². The van der Waals surface area contributed by atoms with Crippen LogP contribution in [0.25, 0.3) is 10.8 Å². The van der Waals surface area contributed by atoms with Gasteiger partial charge in [0, 0.05) is 11.8 Å². The third-order valence-electron chi connectivity index (χ3n) is 3.81. The van der Waals surface area contributed by atoms with Crippen molar-refractivity contribution in [3.05, 3.63) is 72.3 Å². The summed E-state index contributed by atoms with van der Waals surface area (Å²) in [5, 5.41) is 16.7. The third-order valence-corrected chi connectivity index (χ3v) is 3.81. The number of carbonyl (C=O) groups is 2. The fraction of sp³-hybridized carbons (Fsp3) is 0.100. The summed E-state index contributed by atoms with van der Waals surface area (Å²) < 4.78 is 0. The maximum absolute atomic E-state index is 12.1. The zero-order valence-electron chi connectivity index (χ0n) is 13.5. The molecule has 0 heterocycles. The van der Waals surface area contributed by atoms with Gasteiger partial charge >= 0.3 is 0 Å². The zero-order valence-corrected chi connectivity index (χ0v) is 13.5. The highest BCUT2D eigenvalue weighted by atomic mass is 16.3. The molecule has 126 valence electrons. The first-order valence-electron chi connectivity index (χ1n) is 7.94. The van der Waals surface area contributed by atoms with Crippen LogP contribution in [0.2, 0.25) is 0 Å². The van der Waals surface area contributed by atoms with Crippen LogP contribution < -0.4 is 10.6 Å². The van der Waals surface area contributed by atoms with Crippen LogP contribution in [-0.4, -0.2) is 23.5 Å². The van der Waals surface area contributed by atoms with Gasteiger partial charge < -0.3 is 15.7 Å². The van der Waals surface area contributed by atoms with Crippen LogP contribution in [0.3, 0.4) is 0 Å². The lowest BCUT2D eigenvalue weighted by Crippen LogP contribution is -2.33. The van der Waals surface area contributed by atoms with Crippen LogP contribution >= 0.6 is 0 Å². The summed E-state index contributed by atoms with van der Waals surface area (Å²) in [4.78, 5) is 24.0. The molecule has 3 N–H and O–H groups in total. The van der Waals surface area contributed by atoms with Crippen molar-refractivity contribution < 1.29 is 14.7 Å². The van der Waals surface area contributed by atoms with Crippen LogP contribution in [-0.2, 0) is 16.0 Å². The van der Waals surface area contributed by atoms with Crippen molar-refractivity contribution in [3.8, 4) is 5.75 Å². The molecule has 0 atom stereocenters. The average Bonchev–Trinajstić information content (AvgIpc) is 2.60. The Kier molecular flexibility index (Phi) is 4.95. The van der Waals surface area contributed by atoms with Crippen molar-refractivity contribution >= 4 is 28.3 Å². The summed E-state index contributed by atoms with van der Waals surface area (Å²) in [7, 11) is 0. The maximum Gasteiger partial charge on any atom is 0.243 e. The molecule has 0 bridgehead atoms. The van der Waals surface area contributed by atoms with E-state index >= 15 is 0 Å². The van der Waals surface area contributed by atoms with Gasteiger partial charge in [0.05, 0.1) is 13.0 Å². The number of phenols is 1. The summed E-state index contributed by atoms with van der Waals surface area (Å²) in [6.45, 7) is -0.126. The maximum atomic E-state index is 12.1. The molecule has 0 saturated carbocycles. The summed E-state index contributed by atoms with van der Waals surface area (Å²) in [6.07, 6.45) is 0.209. The lowest BCUT2D eigenvalue weighted by Gasteiger charge is -2.09. The zero-order chi connectivity index (χ0) is 17.6. The van der Waals surface area contributed by atoms with Crippen molar-refractivity contribution in [1.82, 2.24) is 5.32 Å². The van der Waals surface area contributed by atoms with Crippen molar-refractivity contribution in [1.29, 1.82) is 0 Å². The van der Waals surface area contributed by atoms with Crippen LogP contribution in [0, 0.1) is 0 Å². The second-order valence-corrected chi connectivity index (χ2v) is 5.69. The van der Waals surface area contributed by atoms with E-state index < -0.39 is 0 Å². The third kappa shape index (κ3) is 4.35. The van der Waals surface area contributed by atoms with E-state index in [1.54, 1.807) is 12.1 Å². The van der Waals surface area contributed by atoms with E-state index in [9.17, 15) is 14.7 Å². The largest absolute Gasteiger partial charge is 0.508 e. The monoisotopic (exact) mass is 334 g/mol. The van der Waals surface area contributed by atoms with Gasteiger partial charge in [0.15, 0.2) is 0 Å². The molecule has 0 saturated heterocycles. The molecule has 3 aromatic carbocycles. The van der Waals surface area contributed by atoms with Crippen LogP contribution in [0.15, 0.2) is 66.7 Å². The Hall–Kier alpha value is -3.34. The Balaban J connectivity index is 1.56. The highest BCUT2D eigenvalue weighted by molar-refractivity contribution is 5.96. The number of nitrogens with one attached hydrogen (secondary N) is 2. The second kappa shape index (κ2) is 7.49. The molecule has 0 unspecified atom stereocenters. The molecule has 5 heteroatoms. The first-order valence-corrected chi connectivity index (χ1v) is 7.94. The minimum Gasteiger partial charge on any atom is -0.508 e. The van der Waals surface area contributed by atoms with E-state index in [0.717, 1.165) is 16.3 Å². The first-order chi connectivity index (χ1) is 12.1. The highest BCUT2D eigenvalue weighted by Gasteiger charge is 2.09. The van der Waals surface area contributed by atoms with E-state index in [-0.39, 0.29) is 30.5 Å². The summed E-state index contributed by atoms with van der Waals surface area (Å²) >= 11 is 0. The van der Waals surface area contributed by atoms with E-state index in [2.05, 4.69) is 10.6 Å². The van der Waals surface area contributed by atoms with Crippen molar-refractivity contribution in [2.75, 3.05) is 11.9 Å². The molecular formula is C20H18N2O3. The molecule has 3 rings (SSSR count). The molecule has 5 nitrogen and oxygen atoms in total. The number of rotatable bonds is 5. The molecule has 0 radical (unpaired) electrons. The number of phenolic OH excluding ortho intramolecular Hbond substituents is 1. The average molecular weight is 334 g/mol. The normalized spacial score (nSPS) is 10.4. The Morgan fingerprint density at radius 3 is 2.48 bits per heavy atom. The number of hydrogen-bond donors (Lipinski definition) is 3. The number of amides is 2. The first kappa shape index (κ1) is 16.5. The van der Waals surface area contributed by atoms with Gasteiger partial charge in [-0.1, -0.05) is 48.5 Å². The molecule has 0 aliphatic carbocycles. The highest BCUT2D eigenvalue weighted by Crippen LogP contribution is 2.19. The molecule has 0 aliphatic rings. The van der Waals surface area contributed by atoms with Gasteiger partial charge in [-0.15, -0.1) is 0 Å². The van der Waals surface area contributed by atoms with Crippen molar-refractivity contribution in [2.45, 2.75) is 6.42 Å². The van der Waals surface area contributed by atoms with E-state index in [1.807, 2.05) is 42.5 Å². The summed E-state index contributed by atoms with van der Waals surface area (Å²) in [5.41, 5.74) is 1.40. The van der Waals surface area contributed by atoms with Crippen molar-refractivity contribution in [3.63, 3.8) is 0 Å². The van der Waals surface area contributed by atoms with Gasteiger partial charge in [0.25, 0.3) is 0 Å². The number of carbonyl (C=O) groups excluding carboxylic acids is 2. The Morgan fingerprint density at radius 2 is 1.64 bits per heavy atom. The number of benzene rings is 3. The number of hydrogen-bond acceptors (Lipinski definition) is 3. The summed E-state index contributed by atoms with van der Waals surface area (Å²) in [6, 6.07) is 19.9. The second-order valence-electron chi connectivity index (χ2n) is 5.69. The van der Waals surface area contributed by atoms with Gasteiger partial charge in [0.2, 0.25) is 11.8 Å². The molecule has 0 aromatic heterocycles. The van der Waals surface area contributed by atoms with Gasteiger partial charge in [0.1, 0.15) is 5.75 Å². The van der Waals surface area contributed by atoms with Crippen LogP contribution in [0.5, 0.6) is 5.75 Å². The molecule has 0 aliphatic heterocycles. The standard InChI is InChI=1S/C20H18N2O3/c23-17-9-4-8-16(12-17)22-20(25)13-21-19(24)11-15-7-3-6-14-5-1-2-10-18(14)15/h1-10,12,23H,11,13H2,(H,21,24)(H,22,25). The fourth-order valence-electron chi connectivity index (χ4n) is 2.65. The smallest absolute Gasteiger partial charge is 0.243 e. The minimum atomic E-state index is -0.350. The molecule has 0 fully saturated rings. The minimum absolute atomic E-state index is 0.0674. The topological polar surface area (TPSA) is 78.4 Å². The van der Waals surface area contributed by atoms with Crippen LogP contribution in [0.1, 0.15) is 5.56 Å². The molecule has 2 amide bonds. The molecule has 0 spiro atoms.